The van der Waals surface area contributed by atoms with E-state index in [-0.39, 0.29) is 17.7 Å². The lowest BCUT2D eigenvalue weighted by Gasteiger charge is -2.23. The molecule has 1 atom stereocenters. The van der Waals surface area contributed by atoms with Crippen molar-refractivity contribution in [1.29, 1.82) is 0 Å². The highest BCUT2D eigenvalue weighted by Gasteiger charge is 2.16. The molecule has 1 aliphatic rings. The summed E-state index contributed by atoms with van der Waals surface area (Å²) < 4.78 is 0. The summed E-state index contributed by atoms with van der Waals surface area (Å²) in [6.45, 7) is 1.82. The molecular weight excluding hydrogens is 206 g/mol. The number of piperidine rings is 1. The normalized spacial score (nSPS) is 20.4. The Morgan fingerprint density at radius 1 is 1.56 bits per heavy atom. The monoisotopic (exact) mass is 221 g/mol. The van der Waals surface area contributed by atoms with Gasteiger partial charge in [-0.2, -0.15) is 0 Å². The average molecular weight is 221 g/mol. The highest BCUT2D eigenvalue weighted by molar-refractivity contribution is 5.94. The van der Waals surface area contributed by atoms with E-state index in [0.717, 1.165) is 25.9 Å². The van der Waals surface area contributed by atoms with E-state index >= 15 is 0 Å². The molecule has 0 aliphatic carbocycles. The maximum absolute atomic E-state index is 11.8. The quantitative estimate of drug-likeness (QED) is 0.670. The van der Waals surface area contributed by atoms with Crippen molar-refractivity contribution in [2.45, 2.75) is 18.9 Å². The summed E-state index contributed by atoms with van der Waals surface area (Å²) >= 11 is 0. The number of aromatic nitrogens is 1. The Hall–Kier alpha value is -1.62. The van der Waals surface area contributed by atoms with Crippen LogP contribution in [0.2, 0.25) is 0 Å². The van der Waals surface area contributed by atoms with Crippen LogP contribution in [-0.4, -0.2) is 35.1 Å². The molecule has 5 heteroatoms. The van der Waals surface area contributed by atoms with Crippen molar-refractivity contribution in [3.05, 3.63) is 24.0 Å². The van der Waals surface area contributed by atoms with Crippen molar-refractivity contribution in [2.24, 2.45) is 0 Å². The number of hydrogen-bond acceptors (Lipinski definition) is 4. The fourth-order valence-corrected chi connectivity index (χ4v) is 1.80. The Morgan fingerprint density at radius 3 is 3.12 bits per heavy atom. The molecule has 1 aliphatic heterocycles. The number of hydrogen-bond donors (Lipinski definition) is 3. The van der Waals surface area contributed by atoms with Crippen LogP contribution in [0.25, 0.3) is 0 Å². The van der Waals surface area contributed by atoms with E-state index in [1.165, 1.54) is 18.5 Å². The number of carbonyl (C=O) groups excluding carboxylic acids is 1. The second-order valence-electron chi connectivity index (χ2n) is 3.95. The van der Waals surface area contributed by atoms with E-state index in [0.29, 0.717) is 5.56 Å². The molecule has 0 aromatic carbocycles. The first-order chi connectivity index (χ1) is 7.75. The lowest BCUT2D eigenvalue weighted by molar-refractivity contribution is 0.0930. The van der Waals surface area contributed by atoms with Gasteiger partial charge in [0.1, 0.15) is 5.75 Å². The molecule has 0 saturated carbocycles. The molecule has 16 heavy (non-hydrogen) atoms. The molecule has 1 amide bonds. The van der Waals surface area contributed by atoms with Crippen LogP contribution in [0.5, 0.6) is 5.75 Å². The third-order valence-corrected chi connectivity index (χ3v) is 2.62. The van der Waals surface area contributed by atoms with Crippen LogP contribution in [0.15, 0.2) is 18.5 Å². The maximum atomic E-state index is 11.8. The lowest BCUT2D eigenvalue weighted by atomic mass is 10.1. The first kappa shape index (κ1) is 10.9. The minimum absolute atomic E-state index is 0.00872. The van der Waals surface area contributed by atoms with Crippen molar-refractivity contribution < 1.29 is 9.90 Å². The molecule has 1 fully saturated rings. The van der Waals surface area contributed by atoms with Gasteiger partial charge in [-0.05, 0) is 25.5 Å². The topological polar surface area (TPSA) is 74.2 Å². The summed E-state index contributed by atoms with van der Waals surface area (Å²) in [4.78, 5) is 15.5. The third kappa shape index (κ3) is 2.70. The van der Waals surface area contributed by atoms with Gasteiger partial charge in [0, 0.05) is 18.8 Å². The number of amides is 1. The van der Waals surface area contributed by atoms with Gasteiger partial charge in [0.25, 0.3) is 5.91 Å². The molecule has 0 spiro atoms. The number of carbonyl (C=O) groups is 1. The SMILES string of the molecule is O=C(N[C@@H]1CCCNC1)c1cncc(O)c1. The van der Waals surface area contributed by atoms with Gasteiger partial charge in [-0.25, -0.2) is 0 Å². The van der Waals surface area contributed by atoms with Crippen molar-refractivity contribution in [1.82, 2.24) is 15.6 Å². The van der Waals surface area contributed by atoms with Crippen LogP contribution >= 0.6 is 0 Å². The summed E-state index contributed by atoms with van der Waals surface area (Å²) in [5.74, 6) is -0.175. The zero-order valence-electron chi connectivity index (χ0n) is 8.94. The number of aromatic hydroxyl groups is 1. The van der Waals surface area contributed by atoms with E-state index in [2.05, 4.69) is 15.6 Å². The van der Waals surface area contributed by atoms with Gasteiger partial charge in [0.2, 0.25) is 0 Å². The maximum Gasteiger partial charge on any atom is 0.253 e. The summed E-state index contributed by atoms with van der Waals surface area (Å²) in [6, 6.07) is 1.59. The lowest BCUT2D eigenvalue weighted by Crippen LogP contribution is -2.45. The first-order valence-corrected chi connectivity index (χ1v) is 5.41. The summed E-state index contributed by atoms with van der Waals surface area (Å²) in [5.41, 5.74) is 0.394. The summed E-state index contributed by atoms with van der Waals surface area (Å²) in [6.07, 6.45) is 4.82. The molecule has 2 rings (SSSR count). The largest absolute Gasteiger partial charge is 0.506 e. The van der Waals surface area contributed by atoms with Gasteiger partial charge in [-0.3, -0.25) is 9.78 Å². The summed E-state index contributed by atoms with van der Waals surface area (Å²) in [5, 5.41) is 15.3. The highest BCUT2D eigenvalue weighted by atomic mass is 16.3. The van der Waals surface area contributed by atoms with E-state index in [9.17, 15) is 9.90 Å². The molecule has 0 radical (unpaired) electrons. The van der Waals surface area contributed by atoms with Crippen LogP contribution in [0.4, 0.5) is 0 Å². The minimum Gasteiger partial charge on any atom is -0.506 e. The third-order valence-electron chi connectivity index (χ3n) is 2.62. The first-order valence-electron chi connectivity index (χ1n) is 5.41. The number of pyridine rings is 1. The van der Waals surface area contributed by atoms with Crippen molar-refractivity contribution >= 4 is 5.91 Å². The van der Waals surface area contributed by atoms with Crippen molar-refractivity contribution in [3.63, 3.8) is 0 Å². The Labute approximate surface area is 93.9 Å². The van der Waals surface area contributed by atoms with Gasteiger partial charge < -0.3 is 15.7 Å². The van der Waals surface area contributed by atoms with Crippen LogP contribution in [-0.2, 0) is 0 Å². The molecule has 3 N–H and O–H groups in total. The molecular formula is C11H15N3O2. The number of nitrogens with one attached hydrogen (secondary N) is 2. The van der Waals surface area contributed by atoms with Crippen molar-refractivity contribution in [3.8, 4) is 5.75 Å². The molecule has 1 aromatic heterocycles. The van der Waals surface area contributed by atoms with Crippen LogP contribution < -0.4 is 10.6 Å². The number of rotatable bonds is 2. The van der Waals surface area contributed by atoms with E-state index in [1.54, 1.807) is 0 Å². The standard InChI is InChI=1S/C11H15N3O2/c15-10-4-8(5-13-7-10)11(16)14-9-2-1-3-12-6-9/h4-5,7,9,12,15H,1-3,6H2,(H,14,16)/t9-/m1/s1. The molecule has 1 saturated heterocycles. The molecule has 0 unspecified atom stereocenters. The Bertz CT molecular complexity index is 375. The van der Waals surface area contributed by atoms with Crippen LogP contribution in [0.3, 0.4) is 0 Å². The Kier molecular flexibility index (Phi) is 3.36. The minimum atomic E-state index is -0.183. The summed E-state index contributed by atoms with van der Waals surface area (Å²) in [7, 11) is 0. The van der Waals surface area contributed by atoms with Gasteiger partial charge in [-0.1, -0.05) is 0 Å². The smallest absolute Gasteiger partial charge is 0.253 e. The fraction of sp³-hybridized carbons (Fsp3) is 0.455. The van der Waals surface area contributed by atoms with E-state index < -0.39 is 0 Å². The number of nitrogens with zero attached hydrogens (tertiary/aromatic N) is 1. The van der Waals surface area contributed by atoms with Crippen LogP contribution in [0, 0.1) is 0 Å². The van der Waals surface area contributed by atoms with Crippen LogP contribution in [0.1, 0.15) is 23.2 Å². The molecule has 86 valence electrons. The molecule has 2 heterocycles. The van der Waals surface area contributed by atoms with E-state index in [4.69, 9.17) is 0 Å². The Balaban J connectivity index is 1.97. The van der Waals surface area contributed by atoms with Gasteiger partial charge >= 0.3 is 0 Å². The predicted octanol–water partition coefficient (Wildman–Crippen LogP) is 0.269. The molecule has 5 nitrogen and oxygen atoms in total. The van der Waals surface area contributed by atoms with E-state index in [1.807, 2.05) is 0 Å². The molecule has 1 aromatic rings. The average Bonchev–Trinajstić information content (AvgIpc) is 2.30. The molecule has 0 bridgehead atoms. The fourth-order valence-electron chi connectivity index (χ4n) is 1.80. The predicted molar refractivity (Wildman–Crippen MR) is 59.3 cm³/mol. The zero-order chi connectivity index (χ0) is 11.4. The highest BCUT2D eigenvalue weighted by Crippen LogP contribution is 2.09. The van der Waals surface area contributed by atoms with Gasteiger partial charge in [0.15, 0.2) is 0 Å². The Morgan fingerprint density at radius 2 is 2.44 bits per heavy atom. The second-order valence-corrected chi connectivity index (χ2v) is 3.95. The second kappa shape index (κ2) is 4.94. The zero-order valence-corrected chi connectivity index (χ0v) is 8.94. The van der Waals surface area contributed by atoms with Gasteiger partial charge in [-0.15, -0.1) is 0 Å². The van der Waals surface area contributed by atoms with Crippen molar-refractivity contribution in [2.75, 3.05) is 13.1 Å². The van der Waals surface area contributed by atoms with Gasteiger partial charge in [0.05, 0.1) is 11.8 Å².